The Morgan fingerprint density at radius 3 is 2.10 bits per heavy atom. The Hall–Kier alpha value is -3.06. The maximum Gasteiger partial charge on any atom is 0.261 e. The highest BCUT2D eigenvalue weighted by Gasteiger charge is 2.19. The SMILES string of the molecule is Cc1ccc(S(=O)(=O)Nc2ccc(N3CCN(c4ccccc4)CC3)nc2)cc1. The topological polar surface area (TPSA) is 65.5 Å². The molecule has 4 rings (SSSR count). The second kappa shape index (κ2) is 8.13. The van der Waals surface area contributed by atoms with E-state index in [0.29, 0.717) is 5.69 Å². The average Bonchev–Trinajstić information content (AvgIpc) is 2.75. The highest BCUT2D eigenvalue weighted by Crippen LogP contribution is 2.21. The van der Waals surface area contributed by atoms with Gasteiger partial charge in [-0.1, -0.05) is 35.9 Å². The van der Waals surface area contributed by atoms with Crippen molar-refractivity contribution in [1.82, 2.24) is 4.98 Å². The zero-order valence-electron chi connectivity index (χ0n) is 16.3. The smallest absolute Gasteiger partial charge is 0.261 e. The Bertz CT molecular complexity index is 1040. The van der Waals surface area contributed by atoms with Crippen LogP contribution in [-0.2, 0) is 10.0 Å². The molecule has 0 saturated carbocycles. The minimum atomic E-state index is -3.62. The van der Waals surface area contributed by atoms with Crippen LogP contribution in [0.15, 0.2) is 77.8 Å². The molecule has 0 bridgehead atoms. The van der Waals surface area contributed by atoms with Crippen LogP contribution in [-0.4, -0.2) is 39.6 Å². The van der Waals surface area contributed by atoms with Crippen LogP contribution in [0, 0.1) is 6.92 Å². The molecule has 0 spiro atoms. The van der Waals surface area contributed by atoms with Crippen molar-refractivity contribution in [3.8, 4) is 0 Å². The third-order valence-corrected chi connectivity index (χ3v) is 6.45. The minimum Gasteiger partial charge on any atom is -0.368 e. The first-order valence-corrected chi connectivity index (χ1v) is 11.1. The number of nitrogens with zero attached hydrogens (tertiary/aromatic N) is 3. The standard InChI is InChI=1S/C22H24N4O2S/c1-18-7-10-21(11-8-18)29(27,28)24-19-9-12-22(23-17-19)26-15-13-25(14-16-26)20-5-3-2-4-6-20/h2-12,17,24H,13-16H2,1H3. The highest BCUT2D eigenvalue weighted by molar-refractivity contribution is 7.92. The third kappa shape index (κ3) is 4.51. The summed E-state index contributed by atoms with van der Waals surface area (Å²) in [6, 6.07) is 20.8. The summed E-state index contributed by atoms with van der Waals surface area (Å²) in [6.07, 6.45) is 1.57. The number of pyridine rings is 1. The van der Waals surface area contributed by atoms with Gasteiger partial charge in [0.1, 0.15) is 5.82 Å². The summed E-state index contributed by atoms with van der Waals surface area (Å²) in [5, 5.41) is 0. The molecule has 0 aliphatic carbocycles. The summed E-state index contributed by atoms with van der Waals surface area (Å²) in [6.45, 7) is 5.51. The van der Waals surface area contributed by atoms with Crippen molar-refractivity contribution in [2.24, 2.45) is 0 Å². The van der Waals surface area contributed by atoms with E-state index < -0.39 is 10.0 Å². The predicted molar refractivity (Wildman–Crippen MR) is 117 cm³/mol. The van der Waals surface area contributed by atoms with Gasteiger partial charge in [0.05, 0.1) is 16.8 Å². The normalized spacial score (nSPS) is 14.7. The number of anilines is 3. The number of aromatic nitrogens is 1. The van der Waals surface area contributed by atoms with E-state index in [4.69, 9.17) is 0 Å². The number of para-hydroxylation sites is 1. The number of hydrogen-bond acceptors (Lipinski definition) is 5. The zero-order chi connectivity index (χ0) is 20.3. The molecule has 29 heavy (non-hydrogen) atoms. The first kappa shape index (κ1) is 19.3. The summed E-state index contributed by atoms with van der Waals surface area (Å²) in [4.78, 5) is 9.29. The Kier molecular flexibility index (Phi) is 5.40. The molecule has 0 unspecified atom stereocenters. The van der Waals surface area contributed by atoms with Crippen LogP contribution in [0.3, 0.4) is 0 Å². The van der Waals surface area contributed by atoms with Crippen LogP contribution in [0.4, 0.5) is 17.2 Å². The molecular formula is C22H24N4O2S. The number of aryl methyl sites for hydroxylation is 1. The van der Waals surface area contributed by atoms with Crippen LogP contribution in [0.5, 0.6) is 0 Å². The van der Waals surface area contributed by atoms with E-state index in [1.807, 2.05) is 19.1 Å². The van der Waals surface area contributed by atoms with Gasteiger partial charge in [-0.3, -0.25) is 4.72 Å². The molecule has 0 amide bonds. The summed E-state index contributed by atoms with van der Waals surface area (Å²) in [5.41, 5.74) is 2.71. The van der Waals surface area contributed by atoms with Gasteiger partial charge in [0.2, 0.25) is 0 Å². The van der Waals surface area contributed by atoms with E-state index >= 15 is 0 Å². The minimum absolute atomic E-state index is 0.240. The van der Waals surface area contributed by atoms with Crippen molar-refractivity contribution in [2.45, 2.75) is 11.8 Å². The molecule has 1 aliphatic rings. The second-order valence-electron chi connectivity index (χ2n) is 7.13. The summed E-state index contributed by atoms with van der Waals surface area (Å²) in [7, 11) is -3.62. The predicted octanol–water partition coefficient (Wildman–Crippen LogP) is 3.52. The van der Waals surface area contributed by atoms with Crippen LogP contribution in [0.1, 0.15) is 5.56 Å². The van der Waals surface area contributed by atoms with Gasteiger partial charge in [0.25, 0.3) is 10.0 Å². The monoisotopic (exact) mass is 408 g/mol. The van der Waals surface area contributed by atoms with E-state index in [2.05, 4.69) is 43.8 Å². The molecule has 0 radical (unpaired) electrons. The third-order valence-electron chi connectivity index (χ3n) is 5.06. The number of piperazine rings is 1. The lowest BCUT2D eigenvalue weighted by molar-refractivity contribution is 0.601. The molecule has 150 valence electrons. The van der Waals surface area contributed by atoms with E-state index in [-0.39, 0.29) is 4.90 Å². The Morgan fingerprint density at radius 1 is 0.828 bits per heavy atom. The van der Waals surface area contributed by atoms with Gasteiger partial charge in [0.15, 0.2) is 0 Å². The second-order valence-corrected chi connectivity index (χ2v) is 8.82. The van der Waals surface area contributed by atoms with E-state index in [0.717, 1.165) is 37.6 Å². The molecule has 7 heteroatoms. The van der Waals surface area contributed by atoms with Gasteiger partial charge in [-0.25, -0.2) is 13.4 Å². The summed E-state index contributed by atoms with van der Waals surface area (Å²) < 4.78 is 27.6. The average molecular weight is 409 g/mol. The molecule has 2 heterocycles. The van der Waals surface area contributed by atoms with Gasteiger partial charge < -0.3 is 9.80 Å². The summed E-state index contributed by atoms with van der Waals surface area (Å²) >= 11 is 0. The maximum atomic E-state index is 12.5. The lowest BCUT2D eigenvalue weighted by Gasteiger charge is -2.36. The molecule has 0 atom stereocenters. The Labute approximate surface area is 171 Å². The quantitative estimate of drug-likeness (QED) is 0.700. The number of benzene rings is 2. The molecule has 3 aromatic rings. The molecule has 6 nitrogen and oxygen atoms in total. The number of rotatable bonds is 5. The highest BCUT2D eigenvalue weighted by atomic mass is 32.2. The fraction of sp³-hybridized carbons (Fsp3) is 0.227. The maximum absolute atomic E-state index is 12.5. The van der Waals surface area contributed by atoms with Crippen LogP contribution >= 0.6 is 0 Å². The first-order valence-electron chi connectivity index (χ1n) is 9.62. The van der Waals surface area contributed by atoms with Crippen LogP contribution in [0.2, 0.25) is 0 Å². The van der Waals surface area contributed by atoms with Crippen molar-refractivity contribution in [1.29, 1.82) is 0 Å². The molecule has 1 aliphatic heterocycles. The fourth-order valence-corrected chi connectivity index (χ4v) is 4.44. The lowest BCUT2D eigenvalue weighted by Crippen LogP contribution is -2.46. The van der Waals surface area contributed by atoms with Crippen molar-refractivity contribution in [3.05, 3.63) is 78.5 Å². The molecular weight excluding hydrogens is 384 g/mol. The molecule has 1 fully saturated rings. The van der Waals surface area contributed by atoms with Gasteiger partial charge in [-0.05, 0) is 43.3 Å². The Balaban J connectivity index is 1.39. The van der Waals surface area contributed by atoms with Crippen molar-refractivity contribution >= 4 is 27.2 Å². The van der Waals surface area contributed by atoms with Gasteiger partial charge in [0, 0.05) is 31.9 Å². The summed E-state index contributed by atoms with van der Waals surface area (Å²) in [5.74, 6) is 0.857. The van der Waals surface area contributed by atoms with Gasteiger partial charge >= 0.3 is 0 Å². The van der Waals surface area contributed by atoms with Crippen molar-refractivity contribution in [3.63, 3.8) is 0 Å². The van der Waals surface area contributed by atoms with Crippen molar-refractivity contribution in [2.75, 3.05) is 40.7 Å². The number of hydrogen-bond donors (Lipinski definition) is 1. The van der Waals surface area contributed by atoms with E-state index in [1.165, 1.54) is 5.69 Å². The fourth-order valence-electron chi connectivity index (χ4n) is 3.40. The molecule has 2 aromatic carbocycles. The molecule has 1 saturated heterocycles. The van der Waals surface area contributed by atoms with Crippen molar-refractivity contribution < 1.29 is 8.42 Å². The van der Waals surface area contributed by atoms with E-state index in [9.17, 15) is 8.42 Å². The number of nitrogens with one attached hydrogen (secondary N) is 1. The molecule has 1 aromatic heterocycles. The van der Waals surface area contributed by atoms with Crippen LogP contribution < -0.4 is 14.5 Å². The first-order chi connectivity index (χ1) is 14.0. The lowest BCUT2D eigenvalue weighted by atomic mass is 10.2. The van der Waals surface area contributed by atoms with Gasteiger partial charge in [-0.15, -0.1) is 0 Å². The zero-order valence-corrected chi connectivity index (χ0v) is 17.1. The number of sulfonamides is 1. The largest absolute Gasteiger partial charge is 0.368 e. The van der Waals surface area contributed by atoms with E-state index in [1.54, 1.807) is 36.5 Å². The molecule has 1 N–H and O–H groups in total. The van der Waals surface area contributed by atoms with Crippen LogP contribution in [0.25, 0.3) is 0 Å². The Morgan fingerprint density at radius 2 is 1.48 bits per heavy atom. The van der Waals surface area contributed by atoms with Gasteiger partial charge in [-0.2, -0.15) is 0 Å².